The molecule has 0 amide bonds. The number of hydrogen-bond acceptors (Lipinski definition) is 3. The molecule has 0 radical (unpaired) electrons. The van der Waals surface area contributed by atoms with Crippen molar-refractivity contribution < 1.29 is 4.92 Å². The normalized spacial score (nSPS) is 11.9. The first-order valence-corrected chi connectivity index (χ1v) is 6.56. The molecule has 0 saturated heterocycles. The molecule has 0 saturated carbocycles. The van der Waals surface area contributed by atoms with Gasteiger partial charge in [-0.25, -0.2) is 0 Å². The van der Waals surface area contributed by atoms with E-state index in [1.54, 1.807) is 18.2 Å². The first-order valence-electron chi connectivity index (χ1n) is 6.56. The summed E-state index contributed by atoms with van der Waals surface area (Å²) in [4.78, 5) is 10.7. The van der Waals surface area contributed by atoms with Crippen molar-refractivity contribution in [1.29, 1.82) is 0 Å². The molecule has 0 aliphatic rings. The number of nitrogens with zero attached hydrogens (tertiary/aromatic N) is 1. The van der Waals surface area contributed by atoms with Gasteiger partial charge in [-0.2, -0.15) is 0 Å². The van der Waals surface area contributed by atoms with Crippen molar-refractivity contribution in [2.75, 3.05) is 5.32 Å². The third-order valence-electron chi connectivity index (χ3n) is 3.36. The molecule has 2 rings (SSSR count). The second kappa shape index (κ2) is 5.74. The molecule has 0 aliphatic heterocycles. The van der Waals surface area contributed by atoms with Gasteiger partial charge in [0, 0.05) is 12.1 Å². The van der Waals surface area contributed by atoms with E-state index in [0.29, 0.717) is 5.69 Å². The van der Waals surface area contributed by atoms with Crippen LogP contribution in [-0.2, 0) is 0 Å². The Morgan fingerprint density at radius 2 is 1.85 bits per heavy atom. The van der Waals surface area contributed by atoms with Gasteiger partial charge in [0.25, 0.3) is 5.69 Å². The van der Waals surface area contributed by atoms with Gasteiger partial charge in [-0.1, -0.05) is 35.9 Å². The molecule has 2 aromatic carbocycles. The standard InChI is InChI=1S/C16H18N2O2/c1-11-8-9-14(12(2)10-11)13(3)17-15-6-4-5-7-16(15)18(19)20/h4-10,13,17H,1-3H3. The lowest BCUT2D eigenvalue weighted by atomic mass is 10.00. The van der Waals surface area contributed by atoms with E-state index >= 15 is 0 Å². The minimum Gasteiger partial charge on any atom is -0.373 e. The SMILES string of the molecule is Cc1ccc(C(C)Nc2ccccc2[N+](=O)[O-])c(C)c1. The van der Waals surface area contributed by atoms with Crippen LogP contribution in [0.15, 0.2) is 42.5 Å². The lowest BCUT2D eigenvalue weighted by molar-refractivity contribution is -0.384. The lowest BCUT2D eigenvalue weighted by Crippen LogP contribution is -2.09. The molecule has 20 heavy (non-hydrogen) atoms. The molecule has 2 aromatic rings. The average molecular weight is 270 g/mol. The third-order valence-corrected chi connectivity index (χ3v) is 3.36. The summed E-state index contributed by atoms with van der Waals surface area (Å²) in [5.74, 6) is 0. The Hall–Kier alpha value is -2.36. The molecule has 0 aromatic heterocycles. The summed E-state index contributed by atoms with van der Waals surface area (Å²) in [6.07, 6.45) is 0. The van der Waals surface area contributed by atoms with E-state index in [9.17, 15) is 10.1 Å². The molecule has 4 heteroatoms. The smallest absolute Gasteiger partial charge is 0.292 e. The molecule has 1 unspecified atom stereocenters. The van der Waals surface area contributed by atoms with E-state index in [-0.39, 0.29) is 16.7 Å². The molecule has 1 atom stereocenters. The predicted molar refractivity (Wildman–Crippen MR) is 81.1 cm³/mol. The van der Waals surface area contributed by atoms with Crippen LogP contribution >= 0.6 is 0 Å². The molecule has 0 aliphatic carbocycles. The van der Waals surface area contributed by atoms with Crippen LogP contribution in [0.4, 0.5) is 11.4 Å². The zero-order valence-corrected chi connectivity index (χ0v) is 11.9. The highest BCUT2D eigenvalue weighted by Crippen LogP contribution is 2.28. The maximum atomic E-state index is 11.0. The minimum atomic E-state index is -0.364. The maximum Gasteiger partial charge on any atom is 0.292 e. The lowest BCUT2D eigenvalue weighted by Gasteiger charge is -2.18. The number of nitro benzene ring substituents is 1. The summed E-state index contributed by atoms with van der Waals surface area (Å²) in [6.45, 7) is 6.12. The van der Waals surface area contributed by atoms with Crippen LogP contribution < -0.4 is 5.32 Å². The summed E-state index contributed by atoms with van der Waals surface area (Å²) in [5, 5.41) is 14.2. The Balaban J connectivity index is 2.28. The number of aryl methyl sites for hydroxylation is 2. The van der Waals surface area contributed by atoms with Crippen molar-refractivity contribution in [3.63, 3.8) is 0 Å². The van der Waals surface area contributed by atoms with Gasteiger partial charge >= 0.3 is 0 Å². The number of nitro groups is 1. The Labute approximate surface area is 118 Å². The molecule has 0 spiro atoms. The number of para-hydroxylation sites is 2. The van der Waals surface area contributed by atoms with E-state index in [2.05, 4.69) is 37.4 Å². The van der Waals surface area contributed by atoms with Crippen molar-refractivity contribution in [1.82, 2.24) is 0 Å². The molecular formula is C16H18N2O2. The summed E-state index contributed by atoms with van der Waals surface area (Å²) in [5.41, 5.74) is 4.19. The fourth-order valence-corrected chi connectivity index (χ4v) is 2.38. The second-order valence-electron chi connectivity index (χ2n) is 5.00. The maximum absolute atomic E-state index is 11.0. The van der Waals surface area contributed by atoms with Crippen LogP contribution in [0.2, 0.25) is 0 Å². The summed E-state index contributed by atoms with van der Waals surface area (Å²) < 4.78 is 0. The first kappa shape index (κ1) is 14.1. The Morgan fingerprint density at radius 3 is 2.50 bits per heavy atom. The van der Waals surface area contributed by atoms with Gasteiger partial charge in [-0.15, -0.1) is 0 Å². The number of nitrogens with one attached hydrogen (secondary N) is 1. The van der Waals surface area contributed by atoms with E-state index in [0.717, 1.165) is 5.56 Å². The van der Waals surface area contributed by atoms with Crippen LogP contribution in [0.25, 0.3) is 0 Å². The van der Waals surface area contributed by atoms with Crippen LogP contribution in [0.1, 0.15) is 29.7 Å². The summed E-state index contributed by atoms with van der Waals surface area (Å²) in [7, 11) is 0. The van der Waals surface area contributed by atoms with E-state index < -0.39 is 0 Å². The zero-order valence-electron chi connectivity index (χ0n) is 11.9. The van der Waals surface area contributed by atoms with Gasteiger partial charge in [0.15, 0.2) is 0 Å². The van der Waals surface area contributed by atoms with Crippen molar-refractivity contribution in [3.05, 3.63) is 69.3 Å². The topological polar surface area (TPSA) is 55.2 Å². The van der Waals surface area contributed by atoms with Crippen molar-refractivity contribution in [3.8, 4) is 0 Å². The predicted octanol–water partition coefficient (Wildman–Crippen LogP) is 4.38. The van der Waals surface area contributed by atoms with Gasteiger partial charge in [-0.3, -0.25) is 10.1 Å². The number of hydrogen-bond donors (Lipinski definition) is 1. The van der Waals surface area contributed by atoms with Gasteiger partial charge < -0.3 is 5.32 Å². The van der Waals surface area contributed by atoms with Crippen molar-refractivity contribution in [2.24, 2.45) is 0 Å². The second-order valence-corrected chi connectivity index (χ2v) is 5.00. The fourth-order valence-electron chi connectivity index (χ4n) is 2.38. The molecule has 0 heterocycles. The van der Waals surface area contributed by atoms with Crippen LogP contribution in [-0.4, -0.2) is 4.92 Å². The largest absolute Gasteiger partial charge is 0.373 e. The van der Waals surface area contributed by atoms with Crippen molar-refractivity contribution >= 4 is 11.4 Å². The number of anilines is 1. The fraction of sp³-hybridized carbons (Fsp3) is 0.250. The molecular weight excluding hydrogens is 252 g/mol. The Morgan fingerprint density at radius 1 is 1.15 bits per heavy atom. The Bertz CT molecular complexity index is 638. The quantitative estimate of drug-likeness (QED) is 0.662. The molecule has 104 valence electrons. The van der Waals surface area contributed by atoms with E-state index in [1.165, 1.54) is 17.2 Å². The zero-order chi connectivity index (χ0) is 14.7. The van der Waals surface area contributed by atoms with Crippen LogP contribution in [0, 0.1) is 24.0 Å². The number of rotatable bonds is 4. The van der Waals surface area contributed by atoms with Gasteiger partial charge in [0.2, 0.25) is 0 Å². The molecule has 1 N–H and O–H groups in total. The van der Waals surface area contributed by atoms with Crippen molar-refractivity contribution in [2.45, 2.75) is 26.8 Å². The van der Waals surface area contributed by atoms with Gasteiger partial charge in [0.05, 0.1) is 4.92 Å². The van der Waals surface area contributed by atoms with Crippen LogP contribution in [0.5, 0.6) is 0 Å². The summed E-state index contributed by atoms with van der Waals surface area (Å²) in [6, 6.07) is 13.0. The van der Waals surface area contributed by atoms with Crippen LogP contribution in [0.3, 0.4) is 0 Å². The molecule has 0 fully saturated rings. The monoisotopic (exact) mass is 270 g/mol. The highest BCUT2D eigenvalue weighted by atomic mass is 16.6. The van der Waals surface area contributed by atoms with E-state index in [1.807, 2.05) is 6.92 Å². The Kier molecular flexibility index (Phi) is 4.03. The highest BCUT2D eigenvalue weighted by molar-refractivity contribution is 5.62. The number of benzene rings is 2. The minimum absolute atomic E-state index is 0.0108. The molecule has 4 nitrogen and oxygen atoms in total. The van der Waals surface area contributed by atoms with Gasteiger partial charge in [0.1, 0.15) is 5.69 Å². The average Bonchev–Trinajstić information content (AvgIpc) is 2.38. The third kappa shape index (κ3) is 2.96. The first-order chi connectivity index (χ1) is 9.49. The summed E-state index contributed by atoms with van der Waals surface area (Å²) >= 11 is 0. The van der Waals surface area contributed by atoms with E-state index in [4.69, 9.17) is 0 Å². The molecule has 0 bridgehead atoms. The van der Waals surface area contributed by atoms with Gasteiger partial charge in [-0.05, 0) is 38.0 Å². The highest BCUT2D eigenvalue weighted by Gasteiger charge is 2.15.